The van der Waals surface area contributed by atoms with E-state index in [9.17, 15) is 8.42 Å². The molecule has 24 heavy (non-hydrogen) atoms. The Labute approximate surface area is 138 Å². The summed E-state index contributed by atoms with van der Waals surface area (Å²) < 4.78 is 22.6. The number of nitrogens with one attached hydrogen (secondary N) is 3. The number of nitrogens with two attached hydrogens (primary N) is 1. The number of anilines is 3. The molecule has 124 valence electrons. The number of sulfonamides is 1. The molecule has 2 heterocycles. The third-order valence-electron chi connectivity index (χ3n) is 3.76. The van der Waals surface area contributed by atoms with E-state index in [4.69, 9.17) is 5.14 Å². The molecule has 1 aromatic carbocycles. The fourth-order valence-corrected chi connectivity index (χ4v) is 2.90. The molecule has 0 unspecified atom stereocenters. The average Bonchev–Trinajstić information content (AvgIpc) is 3.21. The molecule has 8 nitrogen and oxygen atoms in total. The highest BCUT2D eigenvalue weighted by Crippen LogP contribution is 2.28. The lowest BCUT2D eigenvalue weighted by molar-refractivity contribution is 0.598. The molecule has 4 rings (SSSR count). The molecule has 0 radical (unpaired) electrons. The van der Waals surface area contributed by atoms with Crippen molar-refractivity contribution in [3.8, 4) is 0 Å². The fraction of sp³-hybridized carbons (Fsp3) is 0.200. The lowest BCUT2D eigenvalue weighted by atomic mass is 10.3. The number of aromatic amines is 1. The topological polar surface area (TPSA) is 126 Å². The molecule has 1 aliphatic carbocycles. The maximum atomic E-state index is 11.3. The largest absolute Gasteiger partial charge is 0.365 e. The highest BCUT2D eigenvalue weighted by molar-refractivity contribution is 7.89. The Balaban J connectivity index is 1.64. The average molecular weight is 344 g/mol. The van der Waals surface area contributed by atoms with Gasteiger partial charge >= 0.3 is 0 Å². The van der Waals surface area contributed by atoms with Crippen molar-refractivity contribution in [3.63, 3.8) is 0 Å². The van der Waals surface area contributed by atoms with Gasteiger partial charge in [-0.05, 0) is 43.2 Å². The number of hydrogen-bond donors (Lipinski definition) is 4. The number of rotatable bonds is 5. The standard InChI is InChI=1S/C15H16N6O2S/c16-24(22,23)11-5-3-10(4-6-11)19-15-20-12-7-8-17-13(12)14(21-15)18-9-1-2-9/h3-9,17H,1-2H2,(H2,16,22,23)(H2,18,19,20,21). The molecule has 2 aromatic heterocycles. The maximum Gasteiger partial charge on any atom is 0.238 e. The Morgan fingerprint density at radius 2 is 1.88 bits per heavy atom. The monoisotopic (exact) mass is 344 g/mol. The normalized spacial score (nSPS) is 14.7. The second kappa shape index (κ2) is 5.46. The van der Waals surface area contributed by atoms with Crippen LogP contribution in [0.2, 0.25) is 0 Å². The van der Waals surface area contributed by atoms with Gasteiger partial charge in [0, 0.05) is 17.9 Å². The zero-order valence-electron chi connectivity index (χ0n) is 12.7. The SMILES string of the molecule is NS(=O)(=O)c1ccc(Nc2nc(NC3CC3)c3[nH]ccc3n2)cc1. The van der Waals surface area contributed by atoms with Gasteiger partial charge in [0.1, 0.15) is 5.52 Å². The minimum Gasteiger partial charge on any atom is -0.365 e. The van der Waals surface area contributed by atoms with Crippen LogP contribution in [0.25, 0.3) is 11.0 Å². The van der Waals surface area contributed by atoms with Gasteiger partial charge < -0.3 is 15.6 Å². The Morgan fingerprint density at radius 1 is 1.12 bits per heavy atom. The van der Waals surface area contributed by atoms with Gasteiger partial charge in [0.15, 0.2) is 5.82 Å². The number of benzene rings is 1. The molecule has 0 spiro atoms. The van der Waals surface area contributed by atoms with E-state index in [0.717, 1.165) is 29.7 Å². The predicted octanol–water partition coefficient (Wildman–Crippen LogP) is 1.92. The summed E-state index contributed by atoms with van der Waals surface area (Å²) in [5.74, 6) is 1.20. The number of H-pyrrole nitrogens is 1. The van der Waals surface area contributed by atoms with Crippen LogP contribution in [0, 0.1) is 0 Å². The summed E-state index contributed by atoms with van der Waals surface area (Å²) in [5, 5.41) is 11.6. The Bertz CT molecular complexity index is 992. The summed E-state index contributed by atoms with van der Waals surface area (Å²) in [6.45, 7) is 0. The van der Waals surface area contributed by atoms with Crippen LogP contribution in [-0.4, -0.2) is 29.4 Å². The summed E-state index contributed by atoms with van der Waals surface area (Å²) in [4.78, 5) is 12.2. The summed E-state index contributed by atoms with van der Waals surface area (Å²) >= 11 is 0. The molecule has 1 aliphatic rings. The van der Waals surface area contributed by atoms with Crippen molar-refractivity contribution in [2.24, 2.45) is 5.14 Å². The van der Waals surface area contributed by atoms with Gasteiger partial charge in [0.2, 0.25) is 16.0 Å². The molecule has 0 atom stereocenters. The maximum absolute atomic E-state index is 11.3. The van der Waals surface area contributed by atoms with E-state index in [-0.39, 0.29) is 4.90 Å². The molecule has 5 N–H and O–H groups in total. The van der Waals surface area contributed by atoms with E-state index in [1.807, 2.05) is 12.3 Å². The number of fused-ring (bicyclic) bond motifs is 1. The van der Waals surface area contributed by atoms with Gasteiger partial charge in [-0.3, -0.25) is 0 Å². The number of nitrogens with zero attached hydrogens (tertiary/aromatic N) is 2. The smallest absolute Gasteiger partial charge is 0.238 e. The van der Waals surface area contributed by atoms with Gasteiger partial charge in [0.05, 0.1) is 10.4 Å². The van der Waals surface area contributed by atoms with E-state index >= 15 is 0 Å². The van der Waals surface area contributed by atoms with Crippen LogP contribution in [-0.2, 0) is 10.0 Å². The first kappa shape index (κ1) is 14.9. The summed E-state index contributed by atoms with van der Waals surface area (Å²) in [5.41, 5.74) is 2.35. The molecular formula is C15H16N6O2S. The van der Waals surface area contributed by atoms with Gasteiger partial charge in [-0.2, -0.15) is 4.98 Å². The van der Waals surface area contributed by atoms with E-state index in [1.54, 1.807) is 12.1 Å². The molecule has 0 saturated heterocycles. The van der Waals surface area contributed by atoms with Gasteiger partial charge in [-0.25, -0.2) is 18.5 Å². The highest BCUT2D eigenvalue weighted by Gasteiger charge is 2.23. The number of primary sulfonamides is 1. The van der Waals surface area contributed by atoms with Crippen molar-refractivity contribution in [1.82, 2.24) is 15.0 Å². The molecule has 0 amide bonds. The predicted molar refractivity (Wildman–Crippen MR) is 91.6 cm³/mol. The number of aromatic nitrogens is 3. The first-order valence-corrected chi connectivity index (χ1v) is 9.05. The Hall–Kier alpha value is -2.65. The Kier molecular flexibility index (Phi) is 3.39. The minimum absolute atomic E-state index is 0.0612. The minimum atomic E-state index is -3.70. The van der Waals surface area contributed by atoms with E-state index in [2.05, 4.69) is 25.6 Å². The van der Waals surface area contributed by atoms with Crippen molar-refractivity contribution >= 4 is 38.5 Å². The number of hydrogen-bond acceptors (Lipinski definition) is 6. The van der Waals surface area contributed by atoms with Crippen LogP contribution in [0.4, 0.5) is 17.5 Å². The van der Waals surface area contributed by atoms with Crippen molar-refractivity contribution in [2.45, 2.75) is 23.8 Å². The second-order valence-corrected chi connectivity index (χ2v) is 7.31. The second-order valence-electron chi connectivity index (χ2n) is 5.75. The van der Waals surface area contributed by atoms with Gasteiger partial charge in [-0.1, -0.05) is 0 Å². The van der Waals surface area contributed by atoms with Crippen LogP contribution >= 0.6 is 0 Å². The lowest BCUT2D eigenvalue weighted by Crippen LogP contribution is -2.12. The summed E-state index contributed by atoms with van der Waals surface area (Å²) in [7, 11) is -3.70. The van der Waals surface area contributed by atoms with Crippen molar-refractivity contribution in [1.29, 1.82) is 0 Å². The van der Waals surface area contributed by atoms with Crippen molar-refractivity contribution in [2.75, 3.05) is 10.6 Å². The van der Waals surface area contributed by atoms with Crippen LogP contribution < -0.4 is 15.8 Å². The van der Waals surface area contributed by atoms with E-state index < -0.39 is 10.0 Å². The van der Waals surface area contributed by atoms with Crippen LogP contribution in [0.3, 0.4) is 0 Å². The van der Waals surface area contributed by atoms with Crippen molar-refractivity contribution < 1.29 is 8.42 Å². The van der Waals surface area contributed by atoms with Crippen molar-refractivity contribution in [3.05, 3.63) is 36.5 Å². The molecule has 3 aromatic rings. The molecule has 9 heteroatoms. The van der Waals surface area contributed by atoms with Gasteiger partial charge in [-0.15, -0.1) is 0 Å². The first-order chi connectivity index (χ1) is 11.5. The quantitative estimate of drug-likeness (QED) is 0.560. The van der Waals surface area contributed by atoms with Crippen LogP contribution in [0.1, 0.15) is 12.8 Å². The molecule has 0 bridgehead atoms. The zero-order valence-corrected chi connectivity index (χ0v) is 13.5. The first-order valence-electron chi connectivity index (χ1n) is 7.50. The molecular weight excluding hydrogens is 328 g/mol. The van der Waals surface area contributed by atoms with Crippen LogP contribution in [0.5, 0.6) is 0 Å². The zero-order chi connectivity index (χ0) is 16.7. The van der Waals surface area contributed by atoms with E-state index in [0.29, 0.717) is 17.7 Å². The lowest BCUT2D eigenvalue weighted by Gasteiger charge is -2.09. The highest BCUT2D eigenvalue weighted by atomic mass is 32.2. The molecule has 1 saturated carbocycles. The molecule has 0 aliphatic heterocycles. The summed E-state index contributed by atoms with van der Waals surface area (Å²) in [6, 6.07) is 8.47. The molecule has 1 fully saturated rings. The summed E-state index contributed by atoms with van der Waals surface area (Å²) in [6.07, 6.45) is 4.11. The third kappa shape index (κ3) is 3.03. The third-order valence-corrected chi connectivity index (χ3v) is 4.69. The fourth-order valence-electron chi connectivity index (χ4n) is 2.38. The Morgan fingerprint density at radius 3 is 2.54 bits per heavy atom. The van der Waals surface area contributed by atoms with E-state index in [1.165, 1.54) is 12.1 Å². The van der Waals surface area contributed by atoms with Crippen LogP contribution in [0.15, 0.2) is 41.4 Å². The van der Waals surface area contributed by atoms with Gasteiger partial charge in [0.25, 0.3) is 0 Å².